The zero-order valence-electron chi connectivity index (χ0n) is 26.2. The van der Waals surface area contributed by atoms with Gasteiger partial charge in [0.25, 0.3) is 0 Å². The molecule has 234 valence electrons. The van der Waals surface area contributed by atoms with Crippen LogP contribution in [-0.4, -0.2) is 29.6 Å². The molecule has 6 heteroatoms. The molecule has 2 aliphatic carbocycles. The molecule has 0 saturated carbocycles. The number of hydrogen-bond acceptors (Lipinski definition) is 5. The molecule has 5 nitrogen and oxygen atoms in total. The van der Waals surface area contributed by atoms with E-state index in [2.05, 4.69) is 88.2 Å². The number of nitrogens with zero attached hydrogens (tertiary/aromatic N) is 1. The van der Waals surface area contributed by atoms with Gasteiger partial charge in [0, 0.05) is 47.8 Å². The lowest BCUT2D eigenvalue weighted by molar-refractivity contribution is -0.117. The lowest BCUT2D eigenvalue weighted by Crippen LogP contribution is -2.40. The van der Waals surface area contributed by atoms with Gasteiger partial charge in [0.15, 0.2) is 23.1 Å². The van der Waals surface area contributed by atoms with Crippen LogP contribution in [0.15, 0.2) is 107 Å². The van der Waals surface area contributed by atoms with Crippen LogP contribution in [-0.2, 0) is 22.6 Å². The molecule has 46 heavy (non-hydrogen) atoms. The molecular formula is C40H38INO4. The van der Waals surface area contributed by atoms with Crippen LogP contribution in [0.3, 0.4) is 0 Å². The van der Waals surface area contributed by atoms with Crippen molar-refractivity contribution in [3.8, 4) is 11.5 Å². The molecule has 1 heterocycles. The second-order valence-corrected chi connectivity index (χ2v) is 13.4. The van der Waals surface area contributed by atoms with Gasteiger partial charge in [-0.25, -0.2) is 0 Å². The third-order valence-electron chi connectivity index (χ3n) is 9.47. The molecule has 0 amide bonds. The zero-order valence-corrected chi connectivity index (χ0v) is 28.3. The average molecular weight is 724 g/mol. The molecule has 4 aromatic carbocycles. The van der Waals surface area contributed by atoms with Crippen LogP contribution in [0, 0.1) is 3.57 Å². The molecule has 7 rings (SSSR count). The highest BCUT2D eigenvalue weighted by atomic mass is 127. The minimum absolute atomic E-state index is 0.158. The van der Waals surface area contributed by atoms with E-state index >= 15 is 0 Å². The first kappa shape index (κ1) is 30.7. The molecule has 0 radical (unpaired) electrons. The summed E-state index contributed by atoms with van der Waals surface area (Å²) < 4.78 is 13.6. The number of rotatable bonds is 9. The lowest BCUT2D eigenvalue weighted by atomic mass is 9.71. The Hall–Kier alpha value is -3.91. The molecule has 3 aliphatic rings. The highest BCUT2D eigenvalue weighted by molar-refractivity contribution is 14.1. The fourth-order valence-corrected chi connectivity index (χ4v) is 8.21. The van der Waals surface area contributed by atoms with Gasteiger partial charge in [-0.1, -0.05) is 72.8 Å². The van der Waals surface area contributed by atoms with Crippen LogP contribution in [0.5, 0.6) is 11.5 Å². The largest absolute Gasteiger partial charge is 0.490 e. The predicted molar refractivity (Wildman–Crippen MR) is 190 cm³/mol. The van der Waals surface area contributed by atoms with Gasteiger partial charge in [-0.2, -0.15) is 0 Å². The number of allylic oxidation sites excluding steroid dienone is 4. The molecule has 0 spiro atoms. The molecular weight excluding hydrogens is 685 g/mol. The first-order valence-electron chi connectivity index (χ1n) is 16.4. The molecule has 1 aliphatic heterocycles. The van der Waals surface area contributed by atoms with E-state index in [9.17, 15) is 9.59 Å². The standard InChI is InChI=1S/C40H38INO4/c1-2-45-36-24-29(23-31(41)40(36)46-25-28-15-8-14-27-13-6-7-16-30(27)28)37-38-32(17-9-19-34(38)43)42(22-21-26-11-4-3-5-12-26)33-18-10-20-35(44)39(33)37/h3-8,11-16,23-24,37H,2,9-10,17-22,25H2,1H3. The van der Waals surface area contributed by atoms with E-state index in [4.69, 9.17) is 9.47 Å². The number of carbonyl (C=O) groups excluding carboxylic acids is 2. The number of Topliss-reactive ketones (excluding diaryl/α,β-unsaturated/α-hetero) is 2. The first-order chi connectivity index (χ1) is 22.5. The average Bonchev–Trinajstić information content (AvgIpc) is 3.07. The van der Waals surface area contributed by atoms with Crippen molar-refractivity contribution in [2.75, 3.05) is 13.2 Å². The van der Waals surface area contributed by atoms with Crippen LogP contribution in [0.1, 0.15) is 68.1 Å². The highest BCUT2D eigenvalue weighted by Crippen LogP contribution is 2.51. The van der Waals surface area contributed by atoms with Crippen molar-refractivity contribution in [1.29, 1.82) is 0 Å². The van der Waals surface area contributed by atoms with E-state index in [-0.39, 0.29) is 11.6 Å². The van der Waals surface area contributed by atoms with E-state index in [1.54, 1.807) is 0 Å². The maximum atomic E-state index is 13.9. The predicted octanol–water partition coefficient (Wildman–Crippen LogP) is 9.08. The normalized spacial score (nSPS) is 17.0. The van der Waals surface area contributed by atoms with E-state index in [1.807, 2.05) is 31.2 Å². The van der Waals surface area contributed by atoms with Crippen molar-refractivity contribution in [3.63, 3.8) is 0 Å². The van der Waals surface area contributed by atoms with Crippen molar-refractivity contribution in [1.82, 2.24) is 4.90 Å². The van der Waals surface area contributed by atoms with Crippen LogP contribution >= 0.6 is 22.6 Å². The van der Waals surface area contributed by atoms with Gasteiger partial charge in [-0.15, -0.1) is 0 Å². The number of ether oxygens (including phenoxy) is 2. The topological polar surface area (TPSA) is 55.8 Å². The summed E-state index contributed by atoms with van der Waals surface area (Å²) >= 11 is 2.32. The lowest BCUT2D eigenvalue weighted by Gasteiger charge is -2.44. The Labute approximate surface area is 284 Å². The Morgan fingerprint density at radius 1 is 0.783 bits per heavy atom. The van der Waals surface area contributed by atoms with Crippen molar-refractivity contribution in [3.05, 3.63) is 128 Å². The molecule has 0 aromatic heterocycles. The van der Waals surface area contributed by atoms with Crippen LogP contribution in [0.2, 0.25) is 0 Å². The van der Waals surface area contributed by atoms with Crippen molar-refractivity contribution < 1.29 is 19.1 Å². The summed E-state index contributed by atoms with van der Waals surface area (Å²) in [5.41, 5.74) is 7.11. The summed E-state index contributed by atoms with van der Waals surface area (Å²) in [5.74, 6) is 1.26. The Kier molecular flexibility index (Phi) is 8.98. The quantitative estimate of drug-likeness (QED) is 0.161. The summed E-state index contributed by atoms with van der Waals surface area (Å²) in [6.07, 6.45) is 5.26. The van der Waals surface area contributed by atoms with Gasteiger partial charge in [0.05, 0.1) is 10.2 Å². The van der Waals surface area contributed by atoms with Crippen LogP contribution in [0.25, 0.3) is 10.8 Å². The summed E-state index contributed by atoms with van der Waals surface area (Å²) in [5, 5.41) is 2.34. The highest BCUT2D eigenvalue weighted by Gasteiger charge is 2.43. The van der Waals surface area contributed by atoms with Crippen LogP contribution < -0.4 is 9.47 Å². The fraction of sp³-hybridized carbons (Fsp3) is 0.300. The molecule has 0 unspecified atom stereocenters. The smallest absolute Gasteiger partial charge is 0.174 e. The van der Waals surface area contributed by atoms with Gasteiger partial charge >= 0.3 is 0 Å². The maximum absolute atomic E-state index is 13.9. The Morgan fingerprint density at radius 2 is 1.46 bits per heavy atom. The van der Waals surface area contributed by atoms with Gasteiger partial charge in [-0.05, 0) is 101 Å². The monoisotopic (exact) mass is 723 g/mol. The SMILES string of the molecule is CCOc1cc(C2C3=C(CCCC3=O)N(CCc3ccccc3)C3=C2C(=O)CCC3)cc(I)c1OCc1cccc2ccccc12. The van der Waals surface area contributed by atoms with Gasteiger partial charge < -0.3 is 14.4 Å². The molecule has 4 aromatic rings. The van der Waals surface area contributed by atoms with Gasteiger partial charge in [-0.3, -0.25) is 9.59 Å². The number of fused-ring (bicyclic) bond motifs is 1. The minimum atomic E-state index is -0.390. The van der Waals surface area contributed by atoms with E-state index in [0.29, 0.717) is 37.6 Å². The van der Waals surface area contributed by atoms with Crippen molar-refractivity contribution >= 4 is 44.9 Å². The number of hydrogen-bond donors (Lipinski definition) is 0. The summed E-state index contributed by atoms with van der Waals surface area (Å²) in [7, 11) is 0. The second kappa shape index (κ2) is 13.4. The Balaban J connectivity index is 1.29. The Bertz CT molecular complexity index is 1830. The summed E-state index contributed by atoms with van der Waals surface area (Å²) in [6, 6.07) is 29.2. The number of ketones is 2. The number of carbonyl (C=O) groups is 2. The first-order valence-corrected chi connectivity index (χ1v) is 17.5. The maximum Gasteiger partial charge on any atom is 0.174 e. The molecule has 0 saturated heterocycles. The van der Waals surface area contributed by atoms with E-state index in [1.165, 1.54) is 16.3 Å². The second-order valence-electron chi connectivity index (χ2n) is 12.3. The molecule has 0 N–H and O–H groups in total. The fourth-order valence-electron chi connectivity index (χ4n) is 7.43. The third kappa shape index (κ3) is 5.88. The number of benzene rings is 4. The van der Waals surface area contributed by atoms with E-state index in [0.717, 1.165) is 75.9 Å². The summed E-state index contributed by atoms with van der Waals surface area (Å²) in [4.78, 5) is 30.1. The van der Waals surface area contributed by atoms with E-state index < -0.39 is 5.92 Å². The molecule has 0 bridgehead atoms. The van der Waals surface area contributed by atoms with Crippen molar-refractivity contribution in [2.24, 2.45) is 0 Å². The zero-order chi connectivity index (χ0) is 31.6. The van der Waals surface area contributed by atoms with Crippen LogP contribution in [0.4, 0.5) is 0 Å². The molecule has 0 fully saturated rings. The van der Waals surface area contributed by atoms with Gasteiger partial charge in [0.1, 0.15) is 6.61 Å². The van der Waals surface area contributed by atoms with Crippen molar-refractivity contribution in [2.45, 2.75) is 64.4 Å². The Morgan fingerprint density at radius 3 is 2.17 bits per heavy atom. The number of halogens is 1. The minimum Gasteiger partial charge on any atom is -0.490 e. The third-order valence-corrected chi connectivity index (χ3v) is 10.3. The van der Waals surface area contributed by atoms with Gasteiger partial charge in [0.2, 0.25) is 0 Å². The molecule has 0 atom stereocenters. The summed E-state index contributed by atoms with van der Waals surface area (Å²) in [6.45, 7) is 3.60.